The molecule has 1 rings (SSSR count). The van der Waals surface area contributed by atoms with Crippen molar-refractivity contribution in [1.29, 1.82) is 0 Å². The SMILES string of the molecule is Oc1ccc(F)cc1CNCCC(F)(F)F. The van der Waals surface area contributed by atoms with E-state index in [1.54, 1.807) is 0 Å². The monoisotopic (exact) mass is 237 g/mol. The van der Waals surface area contributed by atoms with Crippen LogP contribution < -0.4 is 5.32 Å². The Hall–Kier alpha value is -1.30. The molecule has 0 aliphatic rings. The smallest absolute Gasteiger partial charge is 0.390 e. The van der Waals surface area contributed by atoms with E-state index in [1.165, 1.54) is 0 Å². The predicted molar refractivity (Wildman–Crippen MR) is 50.4 cm³/mol. The van der Waals surface area contributed by atoms with Crippen LogP contribution in [0.3, 0.4) is 0 Å². The van der Waals surface area contributed by atoms with E-state index in [1.807, 2.05) is 0 Å². The number of benzene rings is 1. The molecular weight excluding hydrogens is 226 g/mol. The molecule has 0 aromatic heterocycles. The number of halogens is 4. The number of phenols is 1. The van der Waals surface area contributed by atoms with E-state index >= 15 is 0 Å². The molecular formula is C10H11F4NO. The molecule has 1 aromatic carbocycles. The highest BCUT2D eigenvalue weighted by atomic mass is 19.4. The highest BCUT2D eigenvalue weighted by molar-refractivity contribution is 5.32. The largest absolute Gasteiger partial charge is 0.508 e. The third-order valence-corrected chi connectivity index (χ3v) is 1.94. The Kier molecular flexibility index (Phi) is 4.12. The highest BCUT2D eigenvalue weighted by Gasteiger charge is 2.25. The third-order valence-electron chi connectivity index (χ3n) is 1.94. The van der Waals surface area contributed by atoms with Crippen LogP contribution in [-0.2, 0) is 6.54 Å². The van der Waals surface area contributed by atoms with Gasteiger partial charge in [-0.15, -0.1) is 0 Å². The fourth-order valence-corrected chi connectivity index (χ4v) is 1.15. The molecule has 0 heterocycles. The first-order chi connectivity index (χ1) is 7.38. The van der Waals surface area contributed by atoms with Crippen LogP contribution in [-0.4, -0.2) is 17.8 Å². The molecule has 0 spiro atoms. The van der Waals surface area contributed by atoms with Gasteiger partial charge < -0.3 is 10.4 Å². The zero-order chi connectivity index (χ0) is 12.2. The van der Waals surface area contributed by atoms with Crippen molar-refractivity contribution in [3.63, 3.8) is 0 Å². The zero-order valence-electron chi connectivity index (χ0n) is 8.31. The maximum absolute atomic E-state index is 12.7. The van der Waals surface area contributed by atoms with E-state index in [9.17, 15) is 22.7 Å². The Morgan fingerprint density at radius 1 is 1.25 bits per heavy atom. The lowest BCUT2D eigenvalue weighted by molar-refractivity contribution is -0.133. The van der Waals surface area contributed by atoms with E-state index in [4.69, 9.17) is 0 Å². The number of rotatable bonds is 4. The number of aromatic hydroxyl groups is 1. The van der Waals surface area contributed by atoms with Crippen LogP contribution in [0.1, 0.15) is 12.0 Å². The summed E-state index contributed by atoms with van der Waals surface area (Å²) in [6.07, 6.45) is -5.17. The van der Waals surface area contributed by atoms with E-state index < -0.39 is 18.4 Å². The Labute approximate surface area is 89.9 Å². The highest BCUT2D eigenvalue weighted by Crippen LogP contribution is 2.19. The van der Waals surface area contributed by atoms with Crippen molar-refractivity contribution in [3.8, 4) is 5.75 Å². The van der Waals surface area contributed by atoms with Gasteiger partial charge in [-0.3, -0.25) is 0 Å². The molecule has 0 aliphatic carbocycles. The maximum Gasteiger partial charge on any atom is 0.390 e. The normalized spacial score (nSPS) is 11.8. The molecule has 0 saturated heterocycles. The molecule has 0 bridgehead atoms. The predicted octanol–water partition coefficient (Wildman–Crippen LogP) is 2.57. The standard InChI is InChI=1S/C10H11F4NO/c11-8-1-2-9(16)7(5-8)6-15-4-3-10(12,13)14/h1-2,5,15-16H,3-4,6H2. The molecule has 0 radical (unpaired) electrons. The topological polar surface area (TPSA) is 32.3 Å². The summed E-state index contributed by atoms with van der Waals surface area (Å²) < 4.78 is 48.1. The molecule has 0 atom stereocenters. The second kappa shape index (κ2) is 5.16. The number of alkyl halides is 3. The summed E-state index contributed by atoms with van der Waals surface area (Å²) in [6, 6.07) is 3.32. The van der Waals surface area contributed by atoms with Gasteiger partial charge in [-0.25, -0.2) is 4.39 Å². The molecule has 90 valence electrons. The molecule has 0 aliphatic heterocycles. The molecule has 0 amide bonds. The van der Waals surface area contributed by atoms with Gasteiger partial charge in [0.25, 0.3) is 0 Å². The molecule has 1 aromatic rings. The lowest BCUT2D eigenvalue weighted by Gasteiger charge is -2.08. The van der Waals surface area contributed by atoms with Crippen molar-refractivity contribution in [3.05, 3.63) is 29.6 Å². The van der Waals surface area contributed by atoms with Gasteiger partial charge in [0.05, 0.1) is 6.42 Å². The van der Waals surface area contributed by atoms with Gasteiger partial charge in [0.2, 0.25) is 0 Å². The summed E-state index contributed by atoms with van der Waals surface area (Å²) in [4.78, 5) is 0. The first-order valence-electron chi connectivity index (χ1n) is 4.63. The first-order valence-corrected chi connectivity index (χ1v) is 4.63. The van der Waals surface area contributed by atoms with Crippen molar-refractivity contribution in [1.82, 2.24) is 5.32 Å². The van der Waals surface area contributed by atoms with Crippen LogP contribution in [0.2, 0.25) is 0 Å². The number of hydrogen-bond donors (Lipinski definition) is 2. The molecule has 2 N–H and O–H groups in total. The van der Waals surface area contributed by atoms with E-state index in [-0.39, 0.29) is 24.4 Å². The maximum atomic E-state index is 12.7. The molecule has 2 nitrogen and oxygen atoms in total. The van der Waals surface area contributed by atoms with Crippen molar-refractivity contribution in [2.75, 3.05) is 6.54 Å². The summed E-state index contributed by atoms with van der Waals surface area (Å²) in [6.45, 7) is -0.265. The fourth-order valence-electron chi connectivity index (χ4n) is 1.15. The minimum absolute atomic E-state index is 0.000324. The summed E-state index contributed by atoms with van der Waals surface area (Å²) in [5.41, 5.74) is 0.238. The van der Waals surface area contributed by atoms with Crippen LogP contribution in [0.5, 0.6) is 5.75 Å². The average molecular weight is 237 g/mol. The zero-order valence-corrected chi connectivity index (χ0v) is 8.31. The van der Waals surface area contributed by atoms with Gasteiger partial charge in [-0.2, -0.15) is 13.2 Å². The quantitative estimate of drug-likeness (QED) is 0.623. The van der Waals surface area contributed by atoms with Gasteiger partial charge in [0.15, 0.2) is 0 Å². The van der Waals surface area contributed by atoms with Gasteiger partial charge in [0, 0.05) is 18.7 Å². The van der Waals surface area contributed by atoms with Crippen LogP contribution in [0, 0.1) is 5.82 Å². The molecule has 6 heteroatoms. The number of nitrogens with one attached hydrogen (secondary N) is 1. The lowest BCUT2D eigenvalue weighted by atomic mass is 10.2. The second-order valence-corrected chi connectivity index (χ2v) is 3.31. The lowest BCUT2D eigenvalue weighted by Crippen LogP contribution is -2.21. The van der Waals surface area contributed by atoms with Crippen molar-refractivity contribution < 1.29 is 22.7 Å². The minimum atomic E-state index is -4.21. The van der Waals surface area contributed by atoms with Crippen molar-refractivity contribution >= 4 is 0 Å². The van der Waals surface area contributed by atoms with E-state index in [0.717, 1.165) is 18.2 Å². The molecule has 16 heavy (non-hydrogen) atoms. The summed E-state index contributed by atoms with van der Waals surface area (Å²) in [7, 11) is 0. The van der Waals surface area contributed by atoms with Crippen LogP contribution >= 0.6 is 0 Å². The Morgan fingerprint density at radius 3 is 2.56 bits per heavy atom. The summed E-state index contributed by atoms with van der Waals surface area (Å²) in [5.74, 6) is -0.675. The van der Waals surface area contributed by atoms with Crippen molar-refractivity contribution in [2.45, 2.75) is 19.1 Å². The molecule has 0 unspecified atom stereocenters. The number of hydrogen-bond acceptors (Lipinski definition) is 2. The molecule has 0 saturated carbocycles. The van der Waals surface area contributed by atoms with Gasteiger partial charge >= 0.3 is 6.18 Å². The first kappa shape index (κ1) is 12.8. The molecule has 0 fully saturated rings. The Balaban J connectivity index is 2.40. The van der Waals surface area contributed by atoms with Crippen LogP contribution in [0.15, 0.2) is 18.2 Å². The summed E-state index contributed by atoms with van der Waals surface area (Å²) in [5, 5.41) is 11.7. The second-order valence-electron chi connectivity index (χ2n) is 3.31. The fraction of sp³-hybridized carbons (Fsp3) is 0.400. The summed E-state index contributed by atoms with van der Waals surface area (Å²) >= 11 is 0. The third kappa shape index (κ3) is 4.48. The average Bonchev–Trinajstić information content (AvgIpc) is 2.16. The van der Waals surface area contributed by atoms with E-state index in [0.29, 0.717) is 0 Å². The van der Waals surface area contributed by atoms with Crippen molar-refractivity contribution in [2.24, 2.45) is 0 Å². The van der Waals surface area contributed by atoms with Gasteiger partial charge in [-0.1, -0.05) is 0 Å². The minimum Gasteiger partial charge on any atom is -0.508 e. The van der Waals surface area contributed by atoms with Crippen LogP contribution in [0.25, 0.3) is 0 Å². The number of phenolic OH excluding ortho intramolecular Hbond substituents is 1. The van der Waals surface area contributed by atoms with Gasteiger partial charge in [-0.05, 0) is 18.2 Å². The Morgan fingerprint density at radius 2 is 1.94 bits per heavy atom. The van der Waals surface area contributed by atoms with Gasteiger partial charge in [0.1, 0.15) is 11.6 Å². The van der Waals surface area contributed by atoms with Crippen LogP contribution in [0.4, 0.5) is 17.6 Å². The Bertz CT molecular complexity index is 351. The van der Waals surface area contributed by atoms with E-state index in [2.05, 4.69) is 5.32 Å².